The van der Waals surface area contributed by atoms with Crippen LogP contribution in [-0.2, 0) is 4.79 Å². The van der Waals surface area contributed by atoms with Gasteiger partial charge in [-0.25, -0.2) is 4.39 Å². The third kappa shape index (κ3) is 5.79. The molecule has 5 nitrogen and oxygen atoms in total. The van der Waals surface area contributed by atoms with Gasteiger partial charge in [0.25, 0.3) is 0 Å². The zero-order valence-corrected chi connectivity index (χ0v) is 12.4. The summed E-state index contributed by atoms with van der Waals surface area (Å²) in [4.78, 5) is 14.0. The van der Waals surface area contributed by atoms with Gasteiger partial charge in [0.2, 0.25) is 5.91 Å². The standard InChI is InChI=1S/C15H21FN4O/c1-11(2)20(8-3-7-17)9-6-15(21)19-14-5-4-12(16)10-13(14)18/h4-5,10-11H,3,6,8-9,18H2,1-2H3,(H,19,21). The minimum absolute atomic E-state index is 0.184. The smallest absolute Gasteiger partial charge is 0.225 e. The fourth-order valence-electron chi connectivity index (χ4n) is 1.93. The number of hydrogen-bond acceptors (Lipinski definition) is 4. The van der Waals surface area contributed by atoms with E-state index < -0.39 is 5.82 Å². The van der Waals surface area contributed by atoms with Crippen molar-refractivity contribution in [2.24, 2.45) is 0 Å². The van der Waals surface area contributed by atoms with Crippen LogP contribution in [0.2, 0.25) is 0 Å². The lowest BCUT2D eigenvalue weighted by Gasteiger charge is -2.25. The van der Waals surface area contributed by atoms with Crippen LogP contribution < -0.4 is 11.1 Å². The number of hydrogen-bond donors (Lipinski definition) is 2. The number of nitrogen functional groups attached to an aromatic ring is 1. The van der Waals surface area contributed by atoms with Crippen molar-refractivity contribution in [3.63, 3.8) is 0 Å². The monoisotopic (exact) mass is 292 g/mol. The number of nitrogens with two attached hydrogens (primary N) is 1. The fourth-order valence-corrected chi connectivity index (χ4v) is 1.93. The number of nitriles is 1. The van der Waals surface area contributed by atoms with E-state index in [2.05, 4.69) is 16.3 Å². The minimum Gasteiger partial charge on any atom is -0.397 e. The summed E-state index contributed by atoms with van der Waals surface area (Å²) in [6, 6.07) is 6.23. The van der Waals surface area contributed by atoms with Crippen LogP contribution in [0.5, 0.6) is 0 Å². The van der Waals surface area contributed by atoms with Crippen LogP contribution >= 0.6 is 0 Å². The summed E-state index contributed by atoms with van der Waals surface area (Å²) in [6.45, 7) is 5.24. The van der Waals surface area contributed by atoms with Crippen molar-refractivity contribution in [3.05, 3.63) is 24.0 Å². The van der Waals surface area contributed by atoms with Crippen LogP contribution in [0.15, 0.2) is 18.2 Å². The molecule has 0 aliphatic rings. The maximum atomic E-state index is 12.9. The zero-order chi connectivity index (χ0) is 15.8. The van der Waals surface area contributed by atoms with Gasteiger partial charge in [-0.15, -0.1) is 0 Å². The number of carbonyl (C=O) groups is 1. The van der Waals surface area contributed by atoms with Crippen LogP contribution in [-0.4, -0.2) is 29.9 Å². The van der Waals surface area contributed by atoms with E-state index in [1.807, 2.05) is 13.8 Å². The molecule has 0 heterocycles. The van der Waals surface area contributed by atoms with Gasteiger partial charge in [-0.3, -0.25) is 9.69 Å². The molecule has 0 aliphatic heterocycles. The fraction of sp³-hybridized carbons (Fsp3) is 0.467. The van der Waals surface area contributed by atoms with Gasteiger partial charge in [0, 0.05) is 32.0 Å². The predicted octanol–water partition coefficient (Wildman–Crippen LogP) is 2.36. The topological polar surface area (TPSA) is 82.2 Å². The number of carbonyl (C=O) groups excluding carboxylic acids is 1. The van der Waals surface area contributed by atoms with Crippen LogP contribution in [0.4, 0.5) is 15.8 Å². The molecule has 0 saturated carbocycles. The molecule has 0 aromatic heterocycles. The van der Waals surface area contributed by atoms with Gasteiger partial charge in [-0.1, -0.05) is 0 Å². The Morgan fingerprint density at radius 2 is 2.19 bits per heavy atom. The first-order valence-corrected chi connectivity index (χ1v) is 6.90. The first kappa shape index (κ1) is 16.9. The van der Waals surface area contributed by atoms with Gasteiger partial charge in [-0.2, -0.15) is 5.26 Å². The van der Waals surface area contributed by atoms with Crippen molar-refractivity contribution in [2.75, 3.05) is 24.1 Å². The number of halogens is 1. The average Bonchev–Trinajstić information content (AvgIpc) is 2.41. The average molecular weight is 292 g/mol. The van der Waals surface area contributed by atoms with E-state index in [0.29, 0.717) is 31.6 Å². The van der Waals surface area contributed by atoms with E-state index in [1.165, 1.54) is 18.2 Å². The summed E-state index contributed by atoms with van der Waals surface area (Å²) in [6.07, 6.45) is 0.727. The molecule has 0 saturated heterocycles. The van der Waals surface area contributed by atoms with Crippen LogP contribution in [0.25, 0.3) is 0 Å². The predicted molar refractivity (Wildman–Crippen MR) is 81.0 cm³/mol. The highest BCUT2D eigenvalue weighted by Crippen LogP contribution is 2.19. The van der Waals surface area contributed by atoms with E-state index in [4.69, 9.17) is 11.0 Å². The lowest BCUT2D eigenvalue weighted by molar-refractivity contribution is -0.116. The number of anilines is 2. The zero-order valence-electron chi connectivity index (χ0n) is 12.4. The Labute approximate surface area is 124 Å². The van der Waals surface area contributed by atoms with E-state index in [9.17, 15) is 9.18 Å². The molecule has 0 fully saturated rings. The first-order chi connectivity index (χ1) is 9.93. The Balaban J connectivity index is 2.51. The quantitative estimate of drug-likeness (QED) is 0.756. The van der Waals surface area contributed by atoms with E-state index in [-0.39, 0.29) is 17.6 Å². The maximum Gasteiger partial charge on any atom is 0.225 e. The van der Waals surface area contributed by atoms with Crippen molar-refractivity contribution in [1.29, 1.82) is 5.26 Å². The molecule has 0 unspecified atom stereocenters. The number of nitrogens with zero attached hydrogens (tertiary/aromatic N) is 2. The molecule has 1 aromatic rings. The van der Waals surface area contributed by atoms with Gasteiger partial charge in [0.15, 0.2) is 0 Å². The SMILES string of the molecule is CC(C)N(CCC#N)CCC(=O)Nc1ccc(F)cc1N. The third-order valence-electron chi connectivity index (χ3n) is 3.15. The van der Waals surface area contributed by atoms with Crippen molar-refractivity contribution in [2.45, 2.75) is 32.7 Å². The molecule has 3 N–H and O–H groups in total. The molecule has 1 rings (SSSR count). The van der Waals surface area contributed by atoms with Crippen molar-refractivity contribution >= 4 is 17.3 Å². The summed E-state index contributed by atoms with van der Waals surface area (Å²) in [7, 11) is 0. The Morgan fingerprint density at radius 3 is 2.76 bits per heavy atom. The molecule has 21 heavy (non-hydrogen) atoms. The van der Waals surface area contributed by atoms with E-state index in [1.54, 1.807) is 0 Å². The number of amides is 1. The molecule has 1 amide bonds. The Bertz CT molecular complexity index is 525. The van der Waals surface area contributed by atoms with Crippen LogP contribution in [0.1, 0.15) is 26.7 Å². The normalized spacial score (nSPS) is 10.7. The molecule has 6 heteroatoms. The summed E-state index contributed by atoms with van der Waals surface area (Å²) >= 11 is 0. The molecule has 0 spiro atoms. The Morgan fingerprint density at radius 1 is 1.48 bits per heavy atom. The highest BCUT2D eigenvalue weighted by Gasteiger charge is 2.12. The van der Waals surface area contributed by atoms with Gasteiger partial charge in [0.05, 0.1) is 17.4 Å². The lowest BCUT2D eigenvalue weighted by Crippen LogP contribution is -2.34. The summed E-state index contributed by atoms with van der Waals surface area (Å²) in [5.41, 5.74) is 6.25. The molecular formula is C15H21FN4O. The molecule has 1 aromatic carbocycles. The highest BCUT2D eigenvalue weighted by molar-refractivity contribution is 5.93. The van der Waals surface area contributed by atoms with Gasteiger partial charge < -0.3 is 11.1 Å². The second-order valence-corrected chi connectivity index (χ2v) is 5.07. The van der Waals surface area contributed by atoms with Crippen LogP contribution in [0, 0.1) is 17.1 Å². The Hall–Kier alpha value is -2.13. The van der Waals surface area contributed by atoms with Crippen LogP contribution in [0.3, 0.4) is 0 Å². The molecule has 0 radical (unpaired) electrons. The van der Waals surface area contributed by atoms with Crippen molar-refractivity contribution < 1.29 is 9.18 Å². The van der Waals surface area contributed by atoms with Crippen molar-refractivity contribution in [3.8, 4) is 6.07 Å². The highest BCUT2D eigenvalue weighted by atomic mass is 19.1. The van der Waals surface area contributed by atoms with Crippen molar-refractivity contribution in [1.82, 2.24) is 4.90 Å². The lowest BCUT2D eigenvalue weighted by atomic mass is 10.2. The second-order valence-electron chi connectivity index (χ2n) is 5.07. The summed E-state index contributed by atoms with van der Waals surface area (Å²) in [5, 5.41) is 11.3. The third-order valence-corrected chi connectivity index (χ3v) is 3.15. The van der Waals surface area contributed by atoms with Gasteiger partial charge >= 0.3 is 0 Å². The second kappa shape index (κ2) is 8.22. The number of nitrogens with one attached hydrogen (secondary N) is 1. The number of rotatable bonds is 7. The Kier molecular flexibility index (Phi) is 6.63. The van der Waals surface area contributed by atoms with Gasteiger partial charge in [0.1, 0.15) is 5.82 Å². The minimum atomic E-state index is -0.437. The molecular weight excluding hydrogens is 271 g/mol. The van der Waals surface area contributed by atoms with E-state index >= 15 is 0 Å². The summed E-state index contributed by atoms with van der Waals surface area (Å²) < 4.78 is 12.9. The number of benzene rings is 1. The van der Waals surface area contributed by atoms with E-state index in [0.717, 1.165) is 0 Å². The molecule has 0 bridgehead atoms. The molecule has 114 valence electrons. The largest absolute Gasteiger partial charge is 0.397 e. The summed E-state index contributed by atoms with van der Waals surface area (Å²) in [5.74, 6) is -0.621. The molecule has 0 atom stereocenters. The maximum absolute atomic E-state index is 12.9. The molecule has 0 aliphatic carbocycles. The first-order valence-electron chi connectivity index (χ1n) is 6.90. The van der Waals surface area contributed by atoms with Gasteiger partial charge in [-0.05, 0) is 32.0 Å².